The zero-order valence-corrected chi connectivity index (χ0v) is 14.4. The Bertz CT molecular complexity index is 799. The predicted octanol–water partition coefficient (Wildman–Crippen LogP) is 4.22. The Morgan fingerprint density at radius 2 is 1.88 bits per heavy atom. The smallest absolute Gasteiger partial charge is 0.269 e. The molecule has 0 radical (unpaired) electrons. The van der Waals surface area contributed by atoms with Crippen molar-refractivity contribution in [1.29, 1.82) is 0 Å². The Hall–Kier alpha value is -2.73. The van der Waals surface area contributed by atoms with Crippen molar-refractivity contribution in [3.05, 3.63) is 68.7 Å². The molecule has 2 rings (SSSR count). The highest BCUT2D eigenvalue weighted by Crippen LogP contribution is 2.27. The van der Waals surface area contributed by atoms with E-state index in [0.717, 1.165) is 5.56 Å². The molecule has 0 aromatic heterocycles. The Labute approximate surface area is 145 Å². The van der Waals surface area contributed by atoms with Crippen LogP contribution in [0.5, 0.6) is 0 Å². The maximum absolute atomic E-state index is 10.8. The lowest BCUT2D eigenvalue weighted by Crippen LogP contribution is -2.10. The van der Waals surface area contributed by atoms with E-state index in [2.05, 4.69) is 9.98 Å². The molecule has 0 aliphatic carbocycles. The summed E-state index contributed by atoms with van der Waals surface area (Å²) in [4.78, 5) is 21.0. The third-order valence-electron chi connectivity index (χ3n) is 3.08. The molecular formula is C17H17ClN4O2. The van der Waals surface area contributed by atoms with Gasteiger partial charge in [0, 0.05) is 31.8 Å². The SMILES string of the molecule is Cc1ccc(/N=C(/N=C/N(C)C)c2ccc([N+](=O)[O-])cc2)c(Cl)c1. The summed E-state index contributed by atoms with van der Waals surface area (Å²) in [5, 5.41) is 11.3. The van der Waals surface area contributed by atoms with Crippen molar-refractivity contribution in [1.82, 2.24) is 4.90 Å². The molecule has 0 atom stereocenters. The van der Waals surface area contributed by atoms with Crippen LogP contribution in [0.1, 0.15) is 11.1 Å². The number of hydrogen-bond donors (Lipinski definition) is 0. The van der Waals surface area contributed by atoms with E-state index in [1.807, 2.05) is 39.2 Å². The summed E-state index contributed by atoms with van der Waals surface area (Å²) in [5.74, 6) is 0.421. The van der Waals surface area contributed by atoms with Crippen LogP contribution >= 0.6 is 11.6 Å². The predicted molar refractivity (Wildman–Crippen MR) is 97.7 cm³/mol. The van der Waals surface area contributed by atoms with Crippen LogP contribution in [0.4, 0.5) is 11.4 Å². The van der Waals surface area contributed by atoms with E-state index in [4.69, 9.17) is 11.6 Å². The molecule has 2 aromatic rings. The number of aryl methyl sites for hydroxylation is 1. The number of aliphatic imine (C=N–C) groups is 2. The van der Waals surface area contributed by atoms with E-state index in [1.54, 1.807) is 23.4 Å². The number of nitro benzene ring substituents is 1. The minimum atomic E-state index is -0.444. The largest absolute Gasteiger partial charge is 0.369 e. The molecule has 24 heavy (non-hydrogen) atoms. The van der Waals surface area contributed by atoms with Gasteiger partial charge in [-0.2, -0.15) is 0 Å². The van der Waals surface area contributed by atoms with Gasteiger partial charge in [-0.3, -0.25) is 10.1 Å². The molecule has 0 bridgehead atoms. The molecule has 7 heteroatoms. The van der Waals surface area contributed by atoms with E-state index in [0.29, 0.717) is 22.1 Å². The average Bonchev–Trinajstić information content (AvgIpc) is 2.53. The standard InChI is InChI=1S/C17H17ClN4O2/c1-12-4-9-16(15(18)10-12)20-17(19-11-21(2)3)13-5-7-14(8-6-13)22(23)24/h4-11H,1-3H3/b19-11+,20-17+. The molecule has 0 spiro atoms. The number of non-ortho nitro benzene ring substituents is 1. The third kappa shape index (κ3) is 4.63. The number of amidine groups is 1. The van der Waals surface area contributed by atoms with Crippen molar-refractivity contribution in [2.75, 3.05) is 14.1 Å². The van der Waals surface area contributed by atoms with Gasteiger partial charge in [0.15, 0.2) is 5.84 Å². The number of nitro groups is 1. The molecule has 0 saturated heterocycles. The first kappa shape index (κ1) is 17.6. The molecule has 0 amide bonds. The van der Waals surface area contributed by atoms with Crippen LogP contribution < -0.4 is 0 Å². The second kappa shape index (κ2) is 7.70. The van der Waals surface area contributed by atoms with Crippen LogP contribution in [0.3, 0.4) is 0 Å². The Morgan fingerprint density at radius 3 is 2.42 bits per heavy atom. The van der Waals surface area contributed by atoms with Crippen LogP contribution in [-0.4, -0.2) is 36.1 Å². The third-order valence-corrected chi connectivity index (χ3v) is 3.38. The van der Waals surface area contributed by atoms with Gasteiger partial charge in [-0.25, -0.2) is 9.98 Å². The lowest BCUT2D eigenvalue weighted by atomic mass is 10.2. The van der Waals surface area contributed by atoms with Crippen LogP contribution in [0, 0.1) is 17.0 Å². The molecule has 6 nitrogen and oxygen atoms in total. The van der Waals surface area contributed by atoms with E-state index in [-0.39, 0.29) is 5.69 Å². The van der Waals surface area contributed by atoms with Gasteiger partial charge in [-0.05, 0) is 36.8 Å². The maximum Gasteiger partial charge on any atom is 0.269 e. The fourth-order valence-corrected chi connectivity index (χ4v) is 2.16. The quantitative estimate of drug-likeness (QED) is 0.361. The van der Waals surface area contributed by atoms with Crippen LogP contribution in [0.25, 0.3) is 0 Å². The van der Waals surface area contributed by atoms with Crippen molar-refractivity contribution in [3.63, 3.8) is 0 Å². The van der Waals surface area contributed by atoms with Gasteiger partial charge in [0.2, 0.25) is 0 Å². The number of nitrogens with zero attached hydrogens (tertiary/aromatic N) is 4. The van der Waals surface area contributed by atoms with E-state index >= 15 is 0 Å². The molecule has 0 fully saturated rings. The Kier molecular flexibility index (Phi) is 5.65. The average molecular weight is 345 g/mol. The highest BCUT2D eigenvalue weighted by atomic mass is 35.5. The summed E-state index contributed by atoms with van der Waals surface area (Å²) < 4.78 is 0. The number of hydrogen-bond acceptors (Lipinski definition) is 3. The first-order valence-corrected chi connectivity index (χ1v) is 7.55. The van der Waals surface area contributed by atoms with Crippen molar-refractivity contribution >= 4 is 35.1 Å². The summed E-state index contributed by atoms with van der Waals surface area (Å²) in [7, 11) is 3.69. The summed E-state index contributed by atoms with van der Waals surface area (Å²) in [6.07, 6.45) is 1.61. The zero-order valence-electron chi connectivity index (χ0n) is 13.6. The Balaban J connectivity index is 2.47. The first-order chi connectivity index (χ1) is 11.4. The summed E-state index contributed by atoms with van der Waals surface area (Å²) in [6, 6.07) is 11.6. The molecular weight excluding hydrogens is 328 g/mol. The number of rotatable bonds is 4. The Morgan fingerprint density at radius 1 is 1.21 bits per heavy atom. The second-order valence-electron chi connectivity index (χ2n) is 5.40. The van der Waals surface area contributed by atoms with Crippen molar-refractivity contribution in [3.8, 4) is 0 Å². The summed E-state index contributed by atoms with van der Waals surface area (Å²) >= 11 is 6.23. The second-order valence-corrected chi connectivity index (χ2v) is 5.81. The molecule has 0 saturated carbocycles. The van der Waals surface area contributed by atoms with Crippen molar-refractivity contribution in [2.45, 2.75) is 6.92 Å². The lowest BCUT2D eigenvalue weighted by molar-refractivity contribution is -0.384. The highest BCUT2D eigenvalue weighted by Gasteiger charge is 2.09. The highest BCUT2D eigenvalue weighted by molar-refractivity contribution is 6.33. The topological polar surface area (TPSA) is 71.1 Å². The van der Waals surface area contributed by atoms with Gasteiger partial charge < -0.3 is 4.90 Å². The maximum atomic E-state index is 10.8. The van der Waals surface area contributed by atoms with Crippen molar-refractivity contribution in [2.24, 2.45) is 9.98 Å². The van der Waals surface area contributed by atoms with Crippen LogP contribution in [-0.2, 0) is 0 Å². The zero-order chi connectivity index (χ0) is 17.7. The normalized spacial score (nSPS) is 11.8. The number of halogens is 1. The molecule has 2 aromatic carbocycles. The monoisotopic (exact) mass is 344 g/mol. The van der Waals surface area contributed by atoms with Gasteiger partial charge >= 0.3 is 0 Å². The molecule has 0 N–H and O–H groups in total. The molecule has 0 heterocycles. The van der Waals surface area contributed by atoms with E-state index in [1.165, 1.54) is 12.1 Å². The van der Waals surface area contributed by atoms with Gasteiger partial charge in [0.1, 0.15) is 0 Å². The summed E-state index contributed by atoms with van der Waals surface area (Å²) in [6.45, 7) is 1.95. The van der Waals surface area contributed by atoms with Crippen LogP contribution in [0.15, 0.2) is 52.4 Å². The fraction of sp³-hybridized carbons (Fsp3) is 0.176. The van der Waals surface area contributed by atoms with E-state index < -0.39 is 4.92 Å². The molecule has 0 aliphatic rings. The minimum absolute atomic E-state index is 0.0167. The number of benzene rings is 2. The molecule has 124 valence electrons. The summed E-state index contributed by atoms with van der Waals surface area (Å²) in [5.41, 5.74) is 2.30. The molecule has 0 unspecified atom stereocenters. The minimum Gasteiger partial charge on any atom is -0.369 e. The van der Waals surface area contributed by atoms with Gasteiger partial charge in [0.25, 0.3) is 5.69 Å². The first-order valence-electron chi connectivity index (χ1n) is 7.17. The van der Waals surface area contributed by atoms with Gasteiger partial charge in [0.05, 0.1) is 22.0 Å². The van der Waals surface area contributed by atoms with Crippen LogP contribution in [0.2, 0.25) is 5.02 Å². The molecule has 0 aliphatic heterocycles. The van der Waals surface area contributed by atoms with Gasteiger partial charge in [-0.15, -0.1) is 0 Å². The lowest BCUT2D eigenvalue weighted by Gasteiger charge is -2.06. The van der Waals surface area contributed by atoms with Gasteiger partial charge in [-0.1, -0.05) is 17.7 Å². The fourth-order valence-electron chi connectivity index (χ4n) is 1.89. The van der Waals surface area contributed by atoms with E-state index in [9.17, 15) is 10.1 Å². The van der Waals surface area contributed by atoms with Crippen molar-refractivity contribution < 1.29 is 4.92 Å².